The third kappa shape index (κ3) is 6.89. The van der Waals surface area contributed by atoms with Crippen LogP contribution in [-0.4, -0.2) is 48.7 Å². The first-order valence-corrected chi connectivity index (χ1v) is 8.36. The molecule has 144 valence electrons. The first kappa shape index (κ1) is 21.2. The second-order valence-corrected chi connectivity index (χ2v) is 7.35. The van der Waals surface area contributed by atoms with Crippen molar-refractivity contribution >= 4 is 18.0 Å². The summed E-state index contributed by atoms with van der Waals surface area (Å²) >= 11 is 0. The molecule has 1 N–H and O–H groups in total. The smallest absolute Gasteiger partial charge is 0.408 e. The fourth-order valence-corrected chi connectivity index (χ4v) is 2.59. The second-order valence-electron chi connectivity index (χ2n) is 7.35. The zero-order chi connectivity index (χ0) is 19.4. The van der Waals surface area contributed by atoms with Crippen LogP contribution in [0, 0.1) is 11.8 Å². The molecule has 1 fully saturated rings. The van der Waals surface area contributed by atoms with Gasteiger partial charge in [0.1, 0.15) is 12.2 Å². The maximum absolute atomic E-state index is 12.1. The van der Waals surface area contributed by atoms with E-state index in [1.807, 2.05) is 13.8 Å². The zero-order valence-corrected chi connectivity index (χ0v) is 16.0. The van der Waals surface area contributed by atoms with Crippen LogP contribution in [0.1, 0.15) is 48.5 Å². The average Bonchev–Trinajstić information content (AvgIpc) is 2.42. The molecule has 0 bridgehead atoms. The Kier molecular flexibility index (Phi) is 7.22. The lowest BCUT2D eigenvalue weighted by molar-refractivity contribution is -0.238. The number of ether oxygens (including phenoxy) is 4. The molecular formula is C17H29NO7. The van der Waals surface area contributed by atoms with E-state index in [0.29, 0.717) is 0 Å². The first-order valence-electron chi connectivity index (χ1n) is 8.36. The standard InChI is InChI=1S/C17H29NO7/c1-9-10(2)14(18-16(21)25-17(5,6)7)15(23-12(4)20)24-13(9)8-22-11(3)19/h9-10,13-15H,8H2,1-7H3,(H,18,21)/t9-,10-,13?,14?,15-/m0/s1. The molecule has 25 heavy (non-hydrogen) atoms. The van der Waals surface area contributed by atoms with Crippen LogP contribution in [0.2, 0.25) is 0 Å². The highest BCUT2D eigenvalue weighted by molar-refractivity contribution is 5.69. The second kappa shape index (κ2) is 8.51. The zero-order valence-electron chi connectivity index (χ0n) is 16.0. The van der Waals surface area contributed by atoms with Gasteiger partial charge >= 0.3 is 18.0 Å². The fourth-order valence-electron chi connectivity index (χ4n) is 2.59. The molecule has 0 aromatic rings. The summed E-state index contributed by atoms with van der Waals surface area (Å²) in [4.78, 5) is 34.5. The van der Waals surface area contributed by atoms with E-state index < -0.39 is 42.1 Å². The molecule has 1 heterocycles. The fraction of sp³-hybridized carbons (Fsp3) is 0.824. The Morgan fingerprint density at radius 1 is 1.04 bits per heavy atom. The van der Waals surface area contributed by atoms with E-state index in [9.17, 15) is 14.4 Å². The molecule has 5 atom stereocenters. The number of hydrogen-bond donors (Lipinski definition) is 1. The van der Waals surface area contributed by atoms with Gasteiger partial charge < -0.3 is 24.3 Å². The number of alkyl carbamates (subject to hydrolysis) is 1. The Morgan fingerprint density at radius 3 is 2.12 bits per heavy atom. The molecule has 0 aliphatic carbocycles. The number of hydrogen-bond acceptors (Lipinski definition) is 7. The minimum Gasteiger partial charge on any atom is -0.463 e. The van der Waals surface area contributed by atoms with Gasteiger partial charge in [0.2, 0.25) is 6.29 Å². The molecule has 1 amide bonds. The van der Waals surface area contributed by atoms with Crippen LogP contribution in [0.4, 0.5) is 4.79 Å². The molecule has 0 saturated carbocycles. The van der Waals surface area contributed by atoms with Gasteiger partial charge in [-0.15, -0.1) is 0 Å². The number of carbonyl (C=O) groups is 3. The largest absolute Gasteiger partial charge is 0.463 e. The van der Waals surface area contributed by atoms with Gasteiger partial charge in [-0.3, -0.25) is 9.59 Å². The Morgan fingerprint density at radius 2 is 1.64 bits per heavy atom. The van der Waals surface area contributed by atoms with Crippen molar-refractivity contribution in [2.45, 2.75) is 72.5 Å². The predicted molar refractivity (Wildman–Crippen MR) is 88.5 cm³/mol. The Hall–Kier alpha value is -1.83. The van der Waals surface area contributed by atoms with Crippen molar-refractivity contribution < 1.29 is 33.3 Å². The summed E-state index contributed by atoms with van der Waals surface area (Å²) in [5.41, 5.74) is -0.650. The van der Waals surface area contributed by atoms with Gasteiger partial charge in [-0.1, -0.05) is 13.8 Å². The maximum atomic E-state index is 12.1. The topological polar surface area (TPSA) is 100 Å². The summed E-state index contributed by atoms with van der Waals surface area (Å²) in [5, 5.41) is 2.73. The van der Waals surface area contributed by atoms with E-state index in [1.54, 1.807) is 20.8 Å². The average molecular weight is 359 g/mol. The van der Waals surface area contributed by atoms with E-state index in [-0.39, 0.29) is 18.4 Å². The van der Waals surface area contributed by atoms with Gasteiger partial charge in [0.05, 0.1) is 12.1 Å². The van der Waals surface area contributed by atoms with Crippen molar-refractivity contribution in [3.63, 3.8) is 0 Å². The minimum absolute atomic E-state index is 0.0499. The van der Waals surface area contributed by atoms with E-state index in [0.717, 1.165) is 0 Å². The van der Waals surface area contributed by atoms with Crippen molar-refractivity contribution in [1.82, 2.24) is 5.32 Å². The number of rotatable bonds is 4. The Bertz CT molecular complexity index is 500. The highest BCUT2D eigenvalue weighted by Crippen LogP contribution is 2.32. The van der Waals surface area contributed by atoms with Crippen molar-refractivity contribution in [3.8, 4) is 0 Å². The van der Waals surface area contributed by atoms with Gasteiger partial charge in [-0.2, -0.15) is 0 Å². The summed E-state index contributed by atoms with van der Waals surface area (Å²) in [6.45, 7) is 11.7. The third-order valence-corrected chi connectivity index (χ3v) is 4.00. The van der Waals surface area contributed by atoms with Gasteiger partial charge in [0.15, 0.2) is 0 Å². The molecule has 1 saturated heterocycles. The summed E-state index contributed by atoms with van der Waals surface area (Å²) in [5.74, 6) is -1.10. The molecule has 8 nitrogen and oxygen atoms in total. The molecule has 1 rings (SSSR count). The lowest BCUT2D eigenvalue weighted by Crippen LogP contribution is -2.59. The molecule has 1 aliphatic rings. The van der Waals surface area contributed by atoms with E-state index >= 15 is 0 Å². The van der Waals surface area contributed by atoms with Crippen LogP contribution in [0.5, 0.6) is 0 Å². The minimum atomic E-state index is -0.989. The van der Waals surface area contributed by atoms with Crippen LogP contribution in [-0.2, 0) is 28.5 Å². The molecule has 2 unspecified atom stereocenters. The van der Waals surface area contributed by atoms with Crippen molar-refractivity contribution in [2.24, 2.45) is 11.8 Å². The lowest BCUT2D eigenvalue weighted by atomic mass is 9.82. The summed E-state index contributed by atoms with van der Waals surface area (Å²) < 4.78 is 21.3. The number of esters is 2. The number of nitrogens with one attached hydrogen (secondary N) is 1. The van der Waals surface area contributed by atoms with Crippen molar-refractivity contribution in [3.05, 3.63) is 0 Å². The number of carbonyl (C=O) groups excluding carboxylic acids is 3. The Balaban J connectivity index is 2.88. The molecule has 0 aromatic carbocycles. The quantitative estimate of drug-likeness (QED) is 0.605. The third-order valence-electron chi connectivity index (χ3n) is 4.00. The van der Waals surface area contributed by atoms with Crippen LogP contribution in [0.25, 0.3) is 0 Å². The predicted octanol–water partition coefficient (Wildman–Crippen LogP) is 2.00. The van der Waals surface area contributed by atoms with Crippen LogP contribution in [0.15, 0.2) is 0 Å². The molecule has 0 radical (unpaired) electrons. The SMILES string of the molecule is CC(=O)OCC1O[C@H](OC(C)=O)C(NC(=O)OC(C)(C)C)[C@@H](C)[C@@H]1C. The normalized spacial score (nSPS) is 29.5. The maximum Gasteiger partial charge on any atom is 0.408 e. The lowest BCUT2D eigenvalue weighted by Gasteiger charge is -2.43. The van der Waals surface area contributed by atoms with Gasteiger partial charge in [0.25, 0.3) is 0 Å². The molecule has 0 aromatic heterocycles. The van der Waals surface area contributed by atoms with Crippen molar-refractivity contribution in [1.29, 1.82) is 0 Å². The van der Waals surface area contributed by atoms with Crippen molar-refractivity contribution in [2.75, 3.05) is 6.61 Å². The first-order chi connectivity index (χ1) is 11.4. The van der Waals surface area contributed by atoms with Gasteiger partial charge in [-0.25, -0.2) is 4.79 Å². The van der Waals surface area contributed by atoms with Gasteiger partial charge in [-0.05, 0) is 32.6 Å². The highest BCUT2D eigenvalue weighted by atomic mass is 16.7. The van der Waals surface area contributed by atoms with E-state index in [1.165, 1.54) is 13.8 Å². The monoisotopic (exact) mass is 359 g/mol. The molecule has 1 aliphatic heterocycles. The molecule has 0 spiro atoms. The summed E-state index contributed by atoms with van der Waals surface area (Å²) in [7, 11) is 0. The van der Waals surface area contributed by atoms with E-state index in [4.69, 9.17) is 18.9 Å². The molecule has 8 heteroatoms. The van der Waals surface area contributed by atoms with Crippen LogP contribution < -0.4 is 5.32 Å². The van der Waals surface area contributed by atoms with Crippen LogP contribution in [0.3, 0.4) is 0 Å². The molecular weight excluding hydrogens is 330 g/mol. The Labute approximate surface area is 148 Å². The summed E-state index contributed by atoms with van der Waals surface area (Å²) in [6.07, 6.45) is -2.05. The summed E-state index contributed by atoms with van der Waals surface area (Å²) in [6, 6.07) is -0.581. The number of amides is 1. The van der Waals surface area contributed by atoms with E-state index in [2.05, 4.69) is 5.32 Å². The highest BCUT2D eigenvalue weighted by Gasteiger charge is 2.44. The van der Waals surface area contributed by atoms with Crippen LogP contribution >= 0.6 is 0 Å². The van der Waals surface area contributed by atoms with Gasteiger partial charge in [0, 0.05) is 13.8 Å².